The molecule has 6 heteroatoms. The fourth-order valence-electron chi connectivity index (χ4n) is 3.32. The quantitative estimate of drug-likeness (QED) is 0.332. The summed E-state index contributed by atoms with van der Waals surface area (Å²) < 4.78 is 23.9. The van der Waals surface area contributed by atoms with Crippen molar-refractivity contribution in [2.75, 3.05) is 14.2 Å². The third kappa shape index (κ3) is 4.30. The van der Waals surface area contributed by atoms with Crippen LogP contribution >= 0.6 is 15.9 Å². The summed E-state index contributed by atoms with van der Waals surface area (Å²) in [5.74, 6) is 1.63. The first-order valence-corrected chi connectivity index (χ1v) is 10.5. The third-order valence-electron chi connectivity index (χ3n) is 4.95. The Balaban J connectivity index is 1.86. The van der Waals surface area contributed by atoms with E-state index < -0.39 is 0 Å². The lowest BCUT2D eigenvalue weighted by Crippen LogP contribution is -2.10. The van der Waals surface area contributed by atoms with Crippen LogP contribution in [-0.4, -0.2) is 14.2 Å². The Morgan fingerprint density at radius 2 is 1.65 bits per heavy atom. The van der Waals surface area contributed by atoms with Gasteiger partial charge in [0.2, 0.25) is 11.2 Å². The zero-order valence-corrected chi connectivity index (χ0v) is 19.0. The molecule has 4 rings (SSSR count). The van der Waals surface area contributed by atoms with E-state index >= 15 is 0 Å². The van der Waals surface area contributed by atoms with Gasteiger partial charge in [0.05, 0.1) is 19.6 Å². The average Bonchev–Trinajstić information content (AvgIpc) is 2.78. The lowest BCUT2D eigenvalue weighted by Gasteiger charge is -2.14. The van der Waals surface area contributed by atoms with E-state index in [0.29, 0.717) is 33.8 Å². The molecule has 1 aromatic heterocycles. The fraction of sp³-hybridized carbons (Fsp3) is 0.160. The van der Waals surface area contributed by atoms with Gasteiger partial charge in [-0.05, 0) is 60.5 Å². The summed E-state index contributed by atoms with van der Waals surface area (Å²) in [6, 6.07) is 18.6. The first-order valence-electron chi connectivity index (χ1n) is 9.67. The molecule has 0 aliphatic heterocycles. The van der Waals surface area contributed by atoms with Crippen LogP contribution in [0.25, 0.3) is 22.3 Å². The highest BCUT2D eigenvalue weighted by molar-refractivity contribution is 9.10. The minimum Gasteiger partial charge on any atom is -0.493 e. The van der Waals surface area contributed by atoms with Crippen LogP contribution in [-0.2, 0) is 6.61 Å². The van der Waals surface area contributed by atoms with E-state index in [9.17, 15) is 4.79 Å². The topological polar surface area (TPSA) is 57.9 Å². The molecule has 0 unspecified atom stereocenters. The fourth-order valence-corrected chi connectivity index (χ4v) is 3.58. The van der Waals surface area contributed by atoms with Crippen molar-refractivity contribution in [2.24, 2.45) is 0 Å². The van der Waals surface area contributed by atoms with Gasteiger partial charge in [0.25, 0.3) is 0 Å². The monoisotopic (exact) mass is 480 g/mol. The number of methoxy groups -OCH3 is 2. The molecule has 5 nitrogen and oxygen atoms in total. The molecular weight excluding hydrogens is 460 g/mol. The summed E-state index contributed by atoms with van der Waals surface area (Å²) in [4.78, 5) is 13.3. The number of hydrogen-bond donors (Lipinski definition) is 0. The van der Waals surface area contributed by atoms with E-state index in [1.807, 2.05) is 49.4 Å². The minimum atomic E-state index is -0.219. The van der Waals surface area contributed by atoms with Gasteiger partial charge in [-0.2, -0.15) is 0 Å². The Labute approximate surface area is 188 Å². The van der Waals surface area contributed by atoms with E-state index in [1.165, 1.54) is 0 Å². The smallest absolute Gasteiger partial charge is 0.235 e. The Morgan fingerprint density at radius 1 is 0.903 bits per heavy atom. The molecule has 0 atom stereocenters. The summed E-state index contributed by atoms with van der Waals surface area (Å²) in [5, 5.41) is 0.473. The molecule has 0 spiro atoms. The second-order valence-electron chi connectivity index (χ2n) is 7.07. The van der Waals surface area contributed by atoms with Crippen LogP contribution in [0, 0.1) is 6.92 Å². The molecule has 158 valence electrons. The van der Waals surface area contributed by atoms with Crippen LogP contribution in [0.4, 0.5) is 0 Å². The lowest BCUT2D eigenvalue weighted by molar-refractivity contribution is 0.298. The maximum Gasteiger partial charge on any atom is 0.235 e. The Morgan fingerprint density at radius 3 is 2.35 bits per heavy atom. The summed E-state index contributed by atoms with van der Waals surface area (Å²) in [6.07, 6.45) is 0. The molecule has 0 amide bonds. The number of benzene rings is 3. The molecule has 0 saturated carbocycles. The Kier molecular flexibility index (Phi) is 6.00. The first-order chi connectivity index (χ1) is 15.0. The highest BCUT2D eigenvalue weighted by Crippen LogP contribution is 2.37. The van der Waals surface area contributed by atoms with Gasteiger partial charge in [-0.25, -0.2) is 0 Å². The second kappa shape index (κ2) is 8.86. The van der Waals surface area contributed by atoms with Crippen LogP contribution in [0.2, 0.25) is 0 Å². The predicted octanol–water partition coefficient (Wildman–Crippen LogP) is 6.13. The van der Waals surface area contributed by atoms with Crippen molar-refractivity contribution in [3.05, 3.63) is 86.5 Å². The van der Waals surface area contributed by atoms with Gasteiger partial charge in [-0.15, -0.1) is 0 Å². The summed E-state index contributed by atoms with van der Waals surface area (Å²) >= 11 is 3.43. The van der Waals surface area contributed by atoms with Crippen molar-refractivity contribution in [1.82, 2.24) is 0 Å². The van der Waals surface area contributed by atoms with Gasteiger partial charge in [0.1, 0.15) is 12.2 Å². The minimum absolute atomic E-state index is 0.159. The van der Waals surface area contributed by atoms with Crippen LogP contribution in [0.5, 0.6) is 17.2 Å². The zero-order valence-electron chi connectivity index (χ0n) is 17.4. The highest BCUT2D eigenvalue weighted by atomic mass is 79.9. The van der Waals surface area contributed by atoms with Crippen molar-refractivity contribution in [1.29, 1.82) is 0 Å². The zero-order chi connectivity index (χ0) is 22.0. The molecule has 0 aliphatic carbocycles. The van der Waals surface area contributed by atoms with Crippen LogP contribution in [0.15, 0.2) is 74.3 Å². The molecule has 0 N–H and O–H groups in total. The first kappa shape index (κ1) is 21.0. The largest absolute Gasteiger partial charge is 0.493 e. The maximum absolute atomic E-state index is 13.3. The second-order valence-corrected chi connectivity index (χ2v) is 7.99. The standard InChI is InChI=1S/C25H21BrO5/c1-15-4-10-19-21(12-15)31-24(17-7-11-20(28-2)22(13-17)29-3)25(23(19)27)30-14-16-5-8-18(26)9-6-16/h4-13H,14H2,1-3H3. The van der Waals surface area contributed by atoms with E-state index in [-0.39, 0.29) is 17.8 Å². The number of ether oxygens (including phenoxy) is 3. The van der Waals surface area contributed by atoms with E-state index in [2.05, 4.69) is 15.9 Å². The molecule has 1 heterocycles. The van der Waals surface area contributed by atoms with Crippen LogP contribution < -0.4 is 19.6 Å². The van der Waals surface area contributed by atoms with Crippen LogP contribution in [0.1, 0.15) is 11.1 Å². The van der Waals surface area contributed by atoms with Gasteiger partial charge in [-0.3, -0.25) is 4.79 Å². The third-order valence-corrected chi connectivity index (χ3v) is 5.48. The van der Waals surface area contributed by atoms with Crippen molar-refractivity contribution in [3.8, 4) is 28.6 Å². The molecule has 3 aromatic carbocycles. The van der Waals surface area contributed by atoms with E-state index in [1.54, 1.807) is 32.4 Å². The highest BCUT2D eigenvalue weighted by Gasteiger charge is 2.19. The van der Waals surface area contributed by atoms with Crippen LogP contribution in [0.3, 0.4) is 0 Å². The number of aryl methyl sites for hydroxylation is 1. The van der Waals surface area contributed by atoms with E-state index in [0.717, 1.165) is 15.6 Å². The van der Waals surface area contributed by atoms with Gasteiger partial charge < -0.3 is 18.6 Å². The van der Waals surface area contributed by atoms with Gasteiger partial charge >= 0.3 is 0 Å². The molecule has 0 saturated heterocycles. The van der Waals surface area contributed by atoms with Crippen molar-refractivity contribution >= 4 is 26.9 Å². The molecule has 0 radical (unpaired) electrons. The van der Waals surface area contributed by atoms with Crippen molar-refractivity contribution in [3.63, 3.8) is 0 Å². The SMILES string of the molecule is COc1ccc(-c2oc3cc(C)ccc3c(=O)c2OCc2ccc(Br)cc2)cc1OC. The number of hydrogen-bond acceptors (Lipinski definition) is 5. The number of halogens is 1. The van der Waals surface area contributed by atoms with Gasteiger partial charge in [0.15, 0.2) is 17.3 Å². The molecule has 4 aromatic rings. The van der Waals surface area contributed by atoms with E-state index in [4.69, 9.17) is 18.6 Å². The number of fused-ring (bicyclic) bond motifs is 1. The van der Waals surface area contributed by atoms with Crippen molar-refractivity contribution in [2.45, 2.75) is 13.5 Å². The lowest BCUT2D eigenvalue weighted by atomic mass is 10.1. The Hall–Kier alpha value is -3.25. The average molecular weight is 481 g/mol. The molecule has 0 bridgehead atoms. The summed E-state index contributed by atoms with van der Waals surface area (Å²) in [5.41, 5.74) is 2.88. The van der Waals surface area contributed by atoms with Crippen molar-refractivity contribution < 1.29 is 18.6 Å². The normalized spacial score (nSPS) is 10.8. The molecule has 0 aliphatic rings. The van der Waals surface area contributed by atoms with Gasteiger partial charge in [-0.1, -0.05) is 34.1 Å². The summed E-state index contributed by atoms with van der Waals surface area (Å²) in [7, 11) is 3.13. The van der Waals surface area contributed by atoms with Gasteiger partial charge in [0, 0.05) is 10.0 Å². The maximum atomic E-state index is 13.3. The molecule has 31 heavy (non-hydrogen) atoms. The molecule has 0 fully saturated rings. The summed E-state index contributed by atoms with van der Waals surface area (Å²) in [6.45, 7) is 2.18. The molecular formula is C25H21BrO5. The number of rotatable bonds is 6. The predicted molar refractivity (Wildman–Crippen MR) is 124 cm³/mol. The Bertz CT molecular complexity index is 1290.